The fourth-order valence-electron chi connectivity index (χ4n) is 5.13. The quantitative estimate of drug-likeness (QED) is 0.392. The molecule has 31 heavy (non-hydrogen) atoms. The first kappa shape index (κ1) is 19.7. The molecule has 9 heteroatoms. The molecule has 3 aromatic rings. The van der Waals surface area contributed by atoms with Crippen molar-refractivity contribution in [1.29, 1.82) is 0 Å². The van der Waals surface area contributed by atoms with E-state index < -0.39 is 0 Å². The van der Waals surface area contributed by atoms with Gasteiger partial charge in [-0.15, -0.1) is 5.10 Å². The Balaban J connectivity index is 1.40. The first-order valence-electron chi connectivity index (χ1n) is 10.6. The molecule has 2 aliphatic heterocycles. The number of halogens is 1. The van der Waals surface area contributed by atoms with Crippen molar-refractivity contribution in [1.82, 2.24) is 25.0 Å². The number of thioether (sulfide) groups is 1. The normalized spacial score (nSPS) is 22.2. The second kappa shape index (κ2) is 7.56. The van der Waals surface area contributed by atoms with Crippen molar-refractivity contribution in [2.45, 2.75) is 56.1 Å². The zero-order valence-corrected chi connectivity index (χ0v) is 19.7. The van der Waals surface area contributed by atoms with Crippen molar-refractivity contribution in [3.63, 3.8) is 0 Å². The van der Waals surface area contributed by atoms with E-state index in [1.165, 1.54) is 11.1 Å². The second-order valence-corrected chi connectivity index (χ2v) is 10.1. The van der Waals surface area contributed by atoms with Crippen LogP contribution in [0.25, 0.3) is 0 Å². The molecule has 0 fully saturated rings. The number of fused-ring (bicyclic) bond motifs is 4. The average Bonchev–Trinajstić information content (AvgIpc) is 3.30. The Morgan fingerprint density at radius 2 is 2.16 bits per heavy atom. The molecule has 3 aliphatic rings. The Bertz CT molecular complexity index is 1170. The molecule has 1 aliphatic carbocycles. The van der Waals surface area contributed by atoms with E-state index in [1.807, 2.05) is 17.1 Å². The van der Waals surface area contributed by atoms with E-state index in [0.29, 0.717) is 6.61 Å². The van der Waals surface area contributed by atoms with E-state index in [9.17, 15) is 0 Å². The largest absolute Gasteiger partial charge is 0.365 e. The summed E-state index contributed by atoms with van der Waals surface area (Å²) in [6.07, 6.45) is 7.76. The lowest BCUT2D eigenvalue weighted by Crippen LogP contribution is -2.36. The summed E-state index contributed by atoms with van der Waals surface area (Å²) in [6, 6.07) is 6.58. The molecule has 160 valence electrons. The number of hydrogen-bond acceptors (Lipinski definition) is 7. The highest BCUT2D eigenvalue weighted by atomic mass is 79.9. The van der Waals surface area contributed by atoms with Gasteiger partial charge >= 0.3 is 0 Å². The van der Waals surface area contributed by atoms with Gasteiger partial charge in [0.05, 0.1) is 36.3 Å². The lowest BCUT2D eigenvalue weighted by molar-refractivity contribution is -0.0730. The van der Waals surface area contributed by atoms with Crippen LogP contribution < -0.4 is 4.90 Å². The van der Waals surface area contributed by atoms with Crippen molar-refractivity contribution < 1.29 is 4.74 Å². The zero-order chi connectivity index (χ0) is 21.0. The van der Waals surface area contributed by atoms with Crippen LogP contribution in [-0.2, 0) is 42.9 Å². The monoisotopic (exact) mass is 498 g/mol. The molecule has 0 bridgehead atoms. The first-order chi connectivity index (χ1) is 15.1. The standard InChI is InChI=1S/C22H23BrN6OS/c1-31-21-25-19-10-22(6-5-14-3-4-15(23)9-18(14)22)30-13-17(19)20(26-21)28-7-2-8-29-16(12-28)11-24-27-29/h3-4,9,11H,2,5-8,10,12-13H2,1H3. The van der Waals surface area contributed by atoms with Gasteiger partial charge in [-0.25, -0.2) is 14.6 Å². The van der Waals surface area contributed by atoms with E-state index in [1.54, 1.807) is 11.8 Å². The number of nitrogens with zero attached hydrogens (tertiary/aromatic N) is 6. The van der Waals surface area contributed by atoms with E-state index in [0.717, 1.165) is 77.7 Å². The number of aromatic nitrogens is 5. The maximum Gasteiger partial charge on any atom is 0.189 e. The second-order valence-electron chi connectivity index (χ2n) is 8.44. The molecule has 6 rings (SSSR count). The lowest BCUT2D eigenvalue weighted by Gasteiger charge is -2.37. The maximum absolute atomic E-state index is 6.66. The third kappa shape index (κ3) is 3.29. The number of aryl methyl sites for hydroxylation is 2. The Morgan fingerprint density at radius 1 is 1.23 bits per heavy atom. The number of anilines is 1. The zero-order valence-electron chi connectivity index (χ0n) is 17.3. The highest BCUT2D eigenvalue weighted by molar-refractivity contribution is 9.10. The van der Waals surface area contributed by atoms with Crippen molar-refractivity contribution in [3.05, 3.63) is 56.9 Å². The predicted molar refractivity (Wildman–Crippen MR) is 122 cm³/mol. The van der Waals surface area contributed by atoms with Gasteiger partial charge in [-0.3, -0.25) is 0 Å². The Labute approximate surface area is 193 Å². The van der Waals surface area contributed by atoms with Crippen molar-refractivity contribution in [2.24, 2.45) is 0 Å². The van der Waals surface area contributed by atoms with Gasteiger partial charge in [0.15, 0.2) is 5.16 Å². The molecule has 1 atom stereocenters. The van der Waals surface area contributed by atoms with Crippen LogP contribution >= 0.6 is 27.7 Å². The summed E-state index contributed by atoms with van der Waals surface area (Å²) < 4.78 is 9.76. The molecule has 1 spiro atoms. The molecule has 0 saturated carbocycles. The fourth-order valence-corrected chi connectivity index (χ4v) is 5.87. The number of benzene rings is 1. The molecule has 0 saturated heterocycles. The molecule has 2 aromatic heterocycles. The summed E-state index contributed by atoms with van der Waals surface area (Å²) in [5, 5.41) is 9.14. The van der Waals surface area contributed by atoms with Crippen LogP contribution in [0.3, 0.4) is 0 Å². The Morgan fingerprint density at radius 3 is 3.06 bits per heavy atom. The topological polar surface area (TPSA) is 69.0 Å². The van der Waals surface area contributed by atoms with Crippen LogP contribution in [0.4, 0.5) is 5.82 Å². The molecule has 0 N–H and O–H groups in total. The molecule has 0 radical (unpaired) electrons. The number of rotatable bonds is 2. The van der Waals surface area contributed by atoms with E-state index in [2.05, 4.69) is 49.3 Å². The van der Waals surface area contributed by atoms with Gasteiger partial charge in [0.25, 0.3) is 0 Å². The summed E-state index contributed by atoms with van der Waals surface area (Å²) in [4.78, 5) is 12.3. The summed E-state index contributed by atoms with van der Waals surface area (Å²) in [7, 11) is 0. The van der Waals surface area contributed by atoms with Crippen LogP contribution in [0.5, 0.6) is 0 Å². The molecule has 7 nitrogen and oxygen atoms in total. The average molecular weight is 499 g/mol. The Kier molecular flexibility index (Phi) is 4.81. The van der Waals surface area contributed by atoms with Gasteiger partial charge in [0.2, 0.25) is 0 Å². The van der Waals surface area contributed by atoms with Crippen molar-refractivity contribution in [3.8, 4) is 0 Å². The van der Waals surface area contributed by atoms with Crippen LogP contribution in [-0.4, -0.2) is 37.8 Å². The molecule has 1 unspecified atom stereocenters. The maximum atomic E-state index is 6.66. The Hall–Kier alpha value is -1.97. The molecular weight excluding hydrogens is 476 g/mol. The third-order valence-electron chi connectivity index (χ3n) is 6.69. The van der Waals surface area contributed by atoms with Crippen molar-refractivity contribution >= 4 is 33.5 Å². The lowest BCUT2D eigenvalue weighted by atomic mass is 9.87. The summed E-state index contributed by atoms with van der Waals surface area (Å²) in [5.41, 5.74) is 5.80. The van der Waals surface area contributed by atoms with Crippen LogP contribution in [0.2, 0.25) is 0 Å². The van der Waals surface area contributed by atoms with Gasteiger partial charge in [0.1, 0.15) is 5.82 Å². The summed E-state index contributed by atoms with van der Waals surface area (Å²) in [6.45, 7) is 3.12. The van der Waals surface area contributed by atoms with E-state index in [-0.39, 0.29) is 5.60 Å². The number of hydrogen-bond donors (Lipinski definition) is 0. The predicted octanol–water partition coefficient (Wildman–Crippen LogP) is 3.88. The van der Waals surface area contributed by atoms with Crippen LogP contribution in [0, 0.1) is 0 Å². The molecule has 1 aromatic carbocycles. The minimum Gasteiger partial charge on any atom is -0.365 e. The molecule has 0 amide bonds. The van der Waals surface area contributed by atoms with Crippen LogP contribution in [0.15, 0.2) is 34.0 Å². The fraction of sp³-hybridized carbons (Fsp3) is 0.455. The van der Waals surface area contributed by atoms with E-state index in [4.69, 9.17) is 14.7 Å². The van der Waals surface area contributed by atoms with Crippen molar-refractivity contribution in [2.75, 3.05) is 17.7 Å². The van der Waals surface area contributed by atoms with Gasteiger partial charge < -0.3 is 9.64 Å². The van der Waals surface area contributed by atoms with Gasteiger partial charge in [0, 0.05) is 29.5 Å². The van der Waals surface area contributed by atoms with Gasteiger partial charge in [-0.05, 0) is 48.8 Å². The summed E-state index contributed by atoms with van der Waals surface area (Å²) in [5.74, 6) is 1.01. The molecule has 4 heterocycles. The minimum absolute atomic E-state index is 0.283. The third-order valence-corrected chi connectivity index (χ3v) is 7.73. The smallest absolute Gasteiger partial charge is 0.189 e. The SMILES string of the molecule is CSc1nc2c(c(N3CCCn4nncc4C3)n1)COC1(CCc3ccc(Br)cc31)C2. The summed E-state index contributed by atoms with van der Waals surface area (Å²) >= 11 is 5.25. The highest BCUT2D eigenvalue weighted by Gasteiger charge is 2.44. The minimum atomic E-state index is -0.283. The van der Waals surface area contributed by atoms with Gasteiger partial charge in [-0.2, -0.15) is 0 Å². The highest BCUT2D eigenvalue weighted by Crippen LogP contribution is 2.47. The number of ether oxygens (including phenoxy) is 1. The first-order valence-corrected chi connectivity index (χ1v) is 12.7. The van der Waals surface area contributed by atoms with E-state index >= 15 is 0 Å². The van der Waals surface area contributed by atoms with Gasteiger partial charge in [-0.1, -0.05) is 39.0 Å². The van der Waals surface area contributed by atoms with Crippen LogP contribution in [0.1, 0.15) is 40.9 Å². The molecular formula is C22H23BrN6OS.